The van der Waals surface area contributed by atoms with Crippen molar-refractivity contribution in [3.63, 3.8) is 0 Å². The standard InChI is InChI=1S/C16H27N3O2/c1-13(2)11-19-10-9-18-14(15(19)20)21-12-16(17)7-5-3-4-6-8-16/h9-10,13H,3-8,11-12,17H2,1-2H3. The molecule has 0 spiro atoms. The maximum Gasteiger partial charge on any atom is 0.313 e. The van der Waals surface area contributed by atoms with Gasteiger partial charge in [-0.25, -0.2) is 4.98 Å². The summed E-state index contributed by atoms with van der Waals surface area (Å²) in [5, 5.41) is 0. The maximum absolute atomic E-state index is 12.3. The molecule has 118 valence electrons. The fraction of sp³-hybridized carbons (Fsp3) is 0.750. The van der Waals surface area contributed by atoms with Crippen LogP contribution in [0.25, 0.3) is 0 Å². The molecule has 5 heteroatoms. The normalized spacial score (nSPS) is 18.5. The molecule has 0 bridgehead atoms. The Balaban J connectivity index is 2.04. The molecule has 0 unspecified atom stereocenters. The third kappa shape index (κ3) is 4.56. The van der Waals surface area contributed by atoms with Crippen LogP contribution in [0, 0.1) is 5.92 Å². The Hall–Kier alpha value is -1.36. The monoisotopic (exact) mass is 293 g/mol. The van der Waals surface area contributed by atoms with E-state index in [1.54, 1.807) is 17.0 Å². The number of ether oxygens (including phenoxy) is 1. The van der Waals surface area contributed by atoms with Crippen LogP contribution in [0.3, 0.4) is 0 Å². The molecule has 0 saturated heterocycles. The molecule has 0 aromatic carbocycles. The summed E-state index contributed by atoms with van der Waals surface area (Å²) in [5.74, 6) is 0.577. The van der Waals surface area contributed by atoms with Crippen molar-refractivity contribution >= 4 is 0 Å². The van der Waals surface area contributed by atoms with Gasteiger partial charge in [0.25, 0.3) is 5.88 Å². The van der Waals surface area contributed by atoms with Crippen LogP contribution in [0.5, 0.6) is 5.88 Å². The van der Waals surface area contributed by atoms with Crippen LogP contribution in [-0.4, -0.2) is 21.7 Å². The maximum atomic E-state index is 12.3. The highest BCUT2D eigenvalue weighted by molar-refractivity contribution is 5.05. The molecule has 0 atom stereocenters. The molecule has 21 heavy (non-hydrogen) atoms. The summed E-state index contributed by atoms with van der Waals surface area (Å²) in [4.78, 5) is 16.4. The predicted molar refractivity (Wildman–Crippen MR) is 83.5 cm³/mol. The average Bonchev–Trinajstić information content (AvgIpc) is 2.65. The van der Waals surface area contributed by atoms with Crippen molar-refractivity contribution in [3.8, 4) is 5.88 Å². The third-order valence-electron chi connectivity index (χ3n) is 4.04. The van der Waals surface area contributed by atoms with Gasteiger partial charge in [-0.05, 0) is 18.8 Å². The molecule has 1 saturated carbocycles. The van der Waals surface area contributed by atoms with E-state index in [1.165, 1.54) is 12.8 Å². The van der Waals surface area contributed by atoms with Crippen LogP contribution < -0.4 is 16.0 Å². The number of nitrogens with two attached hydrogens (primary N) is 1. The Kier molecular flexibility index (Phi) is 5.39. The topological polar surface area (TPSA) is 70.1 Å². The fourth-order valence-electron chi connectivity index (χ4n) is 2.85. The van der Waals surface area contributed by atoms with E-state index < -0.39 is 0 Å². The van der Waals surface area contributed by atoms with E-state index in [2.05, 4.69) is 18.8 Å². The van der Waals surface area contributed by atoms with Gasteiger partial charge in [0.15, 0.2) is 0 Å². The Morgan fingerprint density at radius 2 is 2.00 bits per heavy atom. The van der Waals surface area contributed by atoms with E-state index in [0.717, 1.165) is 25.7 Å². The summed E-state index contributed by atoms with van der Waals surface area (Å²) in [6, 6.07) is 0. The lowest BCUT2D eigenvalue weighted by Gasteiger charge is -2.27. The molecule has 1 aliphatic carbocycles. The third-order valence-corrected chi connectivity index (χ3v) is 4.04. The zero-order chi connectivity index (χ0) is 15.3. The molecule has 1 fully saturated rings. The number of hydrogen-bond donors (Lipinski definition) is 1. The minimum atomic E-state index is -0.316. The van der Waals surface area contributed by atoms with E-state index in [-0.39, 0.29) is 17.0 Å². The number of hydrogen-bond acceptors (Lipinski definition) is 4. The minimum Gasteiger partial charge on any atom is -0.472 e. The molecule has 1 heterocycles. The average molecular weight is 293 g/mol. The largest absolute Gasteiger partial charge is 0.472 e. The van der Waals surface area contributed by atoms with Gasteiger partial charge in [0.2, 0.25) is 0 Å². The van der Waals surface area contributed by atoms with Gasteiger partial charge in [-0.1, -0.05) is 39.5 Å². The van der Waals surface area contributed by atoms with Crippen LogP contribution in [0.2, 0.25) is 0 Å². The van der Waals surface area contributed by atoms with Crippen LogP contribution in [-0.2, 0) is 6.54 Å². The highest BCUT2D eigenvalue weighted by Gasteiger charge is 2.27. The van der Waals surface area contributed by atoms with Crippen molar-refractivity contribution in [1.29, 1.82) is 0 Å². The highest BCUT2D eigenvalue weighted by atomic mass is 16.5. The van der Waals surface area contributed by atoms with Crippen LogP contribution in [0.4, 0.5) is 0 Å². The lowest BCUT2D eigenvalue weighted by Crippen LogP contribution is -2.45. The quantitative estimate of drug-likeness (QED) is 0.846. The van der Waals surface area contributed by atoms with Crippen molar-refractivity contribution in [3.05, 3.63) is 22.7 Å². The number of rotatable bonds is 5. The van der Waals surface area contributed by atoms with Gasteiger partial charge < -0.3 is 15.0 Å². The summed E-state index contributed by atoms with van der Waals surface area (Å²) >= 11 is 0. The first kappa shape index (κ1) is 16.0. The van der Waals surface area contributed by atoms with E-state index >= 15 is 0 Å². The van der Waals surface area contributed by atoms with E-state index in [0.29, 0.717) is 19.1 Å². The Labute approximate surface area is 126 Å². The van der Waals surface area contributed by atoms with Crippen LogP contribution in [0.1, 0.15) is 52.4 Å². The SMILES string of the molecule is CC(C)Cn1ccnc(OCC2(N)CCCCCC2)c1=O. The zero-order valence-electron chi connectivity index (χ0n) is 13.2. The predicted octanol–water partition coefficient (Wildman–Crippen LogP) is 2.33. The molecule has 1 aromatic rings. The second kappa shape index (κ2) is 7.07. The molecule has 0 aliphatic heterocycles. The van der Waals surface area contributed by atoms with E-state index in [1.807, 2.05) is 0 Å². The molecule has 5 nitrogen and oxygen atoms in total. The molecule has 2 rings (SSSR count). The molecule has 0 radical (unpaired) electrons. The van der Waals surface area contributed by atoms with Gasteiger partial charge >= 0.3 is 5.56 Å². The molecular formula is C16H27N3O2. The summed E-state index contributed by atoms with van der Waals surface area (Å²) in [6.45, 7) is 5.20. The van der Waals surface area contributed by atoms with Gasteiger partial charge in [-0.15, -0.1) is 0 Å². The van der Waals surface area contributed by atoms with Crippen molar-refractivity contribution in [2.24, 2.45) is 11.7 Å². The zero-order valence-corrected chi connectivity index (χ0v) is 13.2. The molecule has 1 aromatic heterocycles. The smallest absolute Gasteiger partial charge is 0.313 e. The molecule has 0 amide bonds. The summed E-state index contributed by atoms with van der Waals surface area (Å²) in [5.41, 5.74) is 5.93. The summed E-state index contributed by atoms with van der Waals surface area (Å²) in [6.07, 6.45) is 10.0. The lowest BCUT2D eigenvalue weighted by atomic mass is 9.93. The van der Waals surface area contributed by atoms with Gasteiger partial charge in [0, 0.05) is 18.9 Å². The molecule has 2 N–H and O–H groups in total. The van der Waals surface area contributed by atoms with Crippen molar-refractivity contribution in [2.45, 2.75) is 64.5 Å². The highest BCUT2D eigenvalue weighted by Crippen LogP contribution is 2.25. The van der Waals surface area contributed by atoms with Gasteiger partial charge in [0.05, 0.1) is 5.54 Å². The molecule has 1 aliphatic rings. The van der Waals surface area contributed by atoms with Gasteiger partial charge in [-0.3, -0.25) is 4.79 Å². The first-order valence-corrected chi connectivity index (χ1v) is 7.97. The second-order valence-corrected chi connectivity index (χ2v) is 6.65. The first-order valence-electron chi connectivity index (χ1n) is 7.97. The van der Waals surface area contributed by atoms with Crippen LogP contribution in [0.15, 0.2) is 17.2 Å². The molecular weight excluding hydrogens is 266 g/mol. The first-order chi connectivity index (χ1) is 10.0. The fourth-order valence-corrected chi connectivity index (χ4v) is 2.85. The van der Waals surface area contributed by atoms with Crippen molar-refractivity contribution in [2.75, 3.05) is 6.61 Å². The lowest BCUT2D eigenvalue weighted by molar-refractivity contribution is 0.190. The summed E-state index contributed by atoms with van der Waals surface area (Å²) in [7, 11) is 0. The Morgan fingerprint density at radius 3 is 2.62 bits per heavy atom. The van der Waals surface area contributed by atoms with Gasteiger partial charge in [0.1, 0.15) is 6.61 Å². The van der Waals surface area contributed by atoms with Gasteiger partial charge in [-0.2, -0.15) is 0 Å². The van der Waals surface area contributed by atoms with Crippen molar-refractivity contribution < 1.29 is 4.74 Å². The number of aromatic nitrogens is 2. The Morgan fingerprint density at radius 1 is 1.33 bits per heavy atom. The Bertz CT molecular complexity index is 502. The number of nitrogens with zero attached hydrogens (tertiary/aromatic N) is 2. The van der Waals surface area contributed by atoms with Crippen LogP contribution >= 0.6 is 0 Å². The summed E-state index contributed by atoms with van der Waals surface area (Å²) < 4.78 is 7.34. The van der Waals surface area contributed by atoms with E-state index in [9.17, 15) is 4.79 Å². The second-order valence-electron chi connectivity index (χ2n) is 6.65. The van der Waals surface area contributed by atoms with Crippen molar-refractivity contribution in [1.82, 2.24) is 9.55 Å². The van der Waals surface area contributed by atoms with E-state index in [4.69, 9.17) is 10.5 Å². The minimum absolute atomic E-state index is 0.163.